The summed E-state index contributed by atoms with van der Waals surface area (Å²) in [7, 11) is 0. The third-order valence-electron chi connectivity index (χ3n) is 2.62. The number of hydrogen-bond acceptors (Lipinski definition) is 3. The first kappa shape index (κ1) is 12.5. The van der Waals surface area contributed by atoms with E-state index < -0.39 is 0 Å². The van der Waals surface area contributed by atoms with E-state index in [0.29, 0.717) is 23.6 Å². The highest BCUT2D eigenvalue weighted by atomic mass is 35.5. The number of rotatable bonds is 3. The minimum Gasteiger partial charge on any atom is -0.296 e. The highest BCUT2D eigenvalue weighted by molar-refractivity contribution is 7.99. The van der Waals surface area contributed by atoms with E-state index in [1.807, 2.05) is 24.3 Å². The Hall–Kier alpha value is -1.00. The van der Waals surface area contributed by atoms with Gasteiger partial charge in [0, 0.05) is 28.0 Å². The van der Waals surface area contributed by atoms with Gasteiger partial charge in [0.2, 0.25) is 11.8 Å². The van der Waals surface area contributed by atoms with Crippen LogP contribution < -0.4 is 5.32 Å². The molecule has 2 amide bonds. The normalized spacial score (nSPS) is 20.2. The van der Waals surface area contributed by atoms with Gasteiger partial charge in [0.25, 0.3) is 0 Å². The second-order valence-electron chi connectivity index (χ2n) is 3.91. The summed E-state index contributed by atoms with van der Waals surface area (Å²) in [6, 6.07) is 7.51. The van der Waals surface area contributed by atoms with Gasteiger partial charge >= 0.3 is 0 Å². The minimum absolute atomic E-state index is 0.0756. The topological polar surface area (TPSA) is 46.2 Å². The lowest BCUT2D eigenvalue weighted by atomic mass is 10.0. The minimum atomic E-state index is -0.164. The maximum absolute atomic E-state index is 11.5. The summed E-state index contributed by atoms with van der Waals surface area (Å²) in [5.74, 6) is 0.305. The molecule has 1 N–H and O–H groups in total. The Kier molecular flexibility index (Phi) is 4.07. The zero-order valence-electron chi connectivity index (χ0n) is 9.11. The van der Waals surface area contributed by atoms with Crippen LogP contribution in [0.25, 0.3) is 0 Å². The second-order valence-corrected chi connectivity index (χ2v) is 5.44. The van der Waals surface area contributed by atoms with E-state index in [1.165, 1.54) is 0 Å². The van der Waals surface area contributed by atoms with Crippen molar-refractivity contribution in [2.75, 3.05) is 5.75 Å². The number of piperidine rings is 1. The number of hydrogen-bond donors (Lipinski definition) is 1. The van der Waals surface area contributed by atoms with Gasteiger partial charge in [-0.1, -0.05) is 11.6 Å². The Morgan fingerprint density at radius 2 is 2.00 bits per heavy atom. The Balaban J connectivity index is 1.88. The van der Waals surface area contributed by atoms with Gasteiger partial charge in [0.15, 0.2) is 0 Å². The Labute approximate surface area is 109 Å². The van der Waals surface area contributed by atoms with E-state index in [9.17, 15) is 9.59 Å². The first-order chi connectivity index (χ1) is 8.15. The molecule has 1 fully saturated rings. The molecule has 1 atom stereocenters. The average Bonchev–Trinajstić information content (AvgIpc) is 2.30. The molecular formula is C12H12ClNO2S. The van der Waals surface area contributed by atoms with Crippen molar-refractivity contribution in [1.82, 2.24) is 5.32 Å². The van der Waals surface area contributed by atoms with E-state index in [2.05, 4.69) is 5.32 Å². The van der Waals surface area contributed by atoms with Crippen LogP contribution in [0.2, 0.25) is 5.02 Å². The quantitative estimate of drug-likeness (QED) is 0.677. The smallest absolute Gasteiger partial charge is 0.230 e. The number of halogens is 1. The van der Waals surface area contributed by atoms with Crippen LogP contribution in [-0.2, 0) is 9.59 Å². The van der Waals surface area contributed by atoms with Crippen molar-refractivity contribution in [2.45, 2.75) is 17.7 Å². The van der Waals surface area contributed by atoms with Crippen LogP contribution in [0.4, 0.5) is 0 Å². The number of thioether (sulfide) groups is 1. The Morgan fingerprint density at radius 1 is 1.29 bits per heavy atom. The Bertz CT molecular complexity index is 433. The second kappa shape index (κ2) is 5.56. The lowest BCUT2D eigenvalue weighted by Gasteiger charge is -2.20. The monoisotopic (exact) mass is 269 g/mol. The molecule has 0 aliphatic carbocycles. The van der Waals surface area contributed by atoms with Gasteiger partial charge < -0.3 is 0 Å². The molecule has 0 saturated carbocycles. The summed E-state index contributed by atoms with van der Waals surface area (Å²) in [6.07, 6.45) is 1.09. The third kappa shape index (κ3) is 3.48. The summed E-state index contributed by atoms with van der Waals surface area (Å²) in [4.78, 5) is 23.6. The standard InChI is InChI=1S/C12H12ClNO2S/c13-9-2-4-10(5-3-9)17-7-8-1-6-11(15)14-12(8)16/h2-5,8H,1,6-7H2,(H,14,15,16). The molecule has 3 nitrogen and oxygen atoms in total. The molecule has 90 valence electrons. The van der Waals surface area contributed by atoms with Crippen molar-refractivity contribution in [3.63, 3.8) is 0 Å². The number of nitrogens with one attached hydrogen (secondary N) is 1. The maximum Gasteiger partial charge on any atom is 0.230 e. The maximum atomic E-state index is 11.5. The summed E-state index contributed by atoms with van der Waals surface area (Å²) >= 11 is 7.40. The van der Waals surface area contributed by atoms with Crippen LogP contribution in [0.5, 0.6) is 0 Å². The number of benzene rings is 1. The van der Waals surface area contributed by atoms with Crippen LogP contribution in [-0.4, -0.2) is 17.6 Å². The van der Waals surface area contributed by atoms with Crippen molar-refractivity contribution in [3.05, 3.63) is 29.3 Å². The van der Waals surface area contributed by atoms with Crippen molar-refractivity contribution in [2.24, 2.45) is 5.92 Å². The lowest BCUT2D eigenvalue weighted by molar-refractivity contribution is -0.135. The van der Waals surface area contributed by atoms with Gasteiger partial charge in [-0.2, -0.15) is 0 Å². The van der Waals surface area contributed by atoms with Crippen LogP contribution >= 0.6 is 23.4 Å². The summed E-state index contributed by atoms with van der Waals surface area (Å²) in [6.45, 7) is 0. The van der Waals surface area contributed by atoms with Gasteiger partial charge in [-0.25, -0.2) is 0 Å². The molecule has 17 heavy (non-hydrogen) atoms. The molecule has 1 heterocycles. The fourth-order valence-electron chi connectivity index (χ4n) is 1.63. The van der Waals surface area contributed by atoms with Crippen molar-refractivity contribution < 1.29 is 9.59 Å². The van der Waals surface area contributed by atoms with E-state index in [-0.39, 0.29) is 17.7 Å². The molecule has 1 aromatic rings. The van der Waals surface area contributed by atoms with Gasteiger partial charge in [0.1, 0.15) is 0 Å². The van der Waals surface area contributed by atoms with Crippen LogP contribution in [0.1, 0.15) is 12.8 Å². The molecule has 0 bridgehead atoms. The molecule has 1 aliphatic rings. The molecular weight excluding hydrogens is 258 g/mol. The average molecular weight is 270 g/mol. The van der Waals surface area contributed by atoms with Crippen LogP contribution in [0.15, 0.2) is 29.2 Å². The summed E-state index contributed by atoms with van der Waals surface area (Å²) in [5.41, 5.74) is 0. The predicted molar refractivity (Wildman–Crippen MR) is 68.0 cm³/mol. The zero-order chi connectivity index (χ0) is 12.3. The number of imide groups is 1. The molecule has 1 aromatic carbocycles. The van der Waals surface area contributed by atoms with E-state index in [1.54, 1.807) is 11.8 Å². The van der Waals surface area contributed by atoms with Gasteiger partial charge in [0.05, 0.1) is 0 Å². The Morgan fingerprint density at radius 3 is 2.65 bits per heavy atom. The summed E-state index contributed by atoms with van der Waals surface area (Å²) in [5, 5.41) is 3.07. The molecule has 2 rings (SSSR count). The molecule has 0 aromatic heterocycles. The molecule has 0 radical (unpaired) electrons. The number of carbonyl (C=O) groups is 2. The zero-order valence-corrected chi connectivity index (χ0v) is 10.7. The van der Waals surface area contributed by atoms with Crippen molar-refractivity contribution >= 4 is 35.2 Å². The van der Waals surface area contributed by atoms with Crippen LogP contribution in [0.3, 0.4) is 0 Å². The van der Waals surface area contributed by atoms with Gasteiger partial charge in [-0.15, -0.1) is 11.8 Å². The third-order valence-corrected chi connectivity index (χ3v) is 4.04. The largest absolute Gasteiger partial charge is 0.296 e. The molecule has 1 aliphatic heterocycles. The van der Waals surface area contributed by atoms with Gasteiger partial charge in [-0.3, -0.25) is 14.9 Å². The molecule has 1 saturated heterocycles. The van der Waals surface area contributed by atoms with Crippen LogP contribution in [0, 0.1) is 5.92 Å². The highest BCUT2D eigenvalue weighted by Gasteiger charge is 2.26. The molecule has 0 spiro atoms. The molecule has 5 heteroatoms. The molecule has 1 unspecified atom stereocenters. The fourth-order valence-corrected chi connectivity index (χ4v) is 2.79. The van der Waals surface area contributed by atoms with Gasteiger partial charge in [-0.05, 0) is 30.7 Å². The van der Waals surface area contributed by atoms with Crippen molar-refractivity contribution in [3.8, 4) is 0 Å². The lowest BCUT2D eigenvalue weighted by Crippen LogP contribution is -2.41. The number of amides is 2. The van der Waals surface area contributed by atoms with E-state index >= 15 is 0 Å². The SMILES string of the molecule is O=C1CCC(CSc2ccc(Cl)cc2)C(=O)N1. The fraction of sp³-hybridized carbons (Fsp3) is 0.333. The first-order valence-electron chi connectivity index (χ1n) is 5.37. The summed E-state index contributed by atoms with van der Waals surface area (Å²) < 4.78 is 0. The number of carbonyl (C=O) groups excluding carboxylic acids is 2. The first-order valence-corrected chi connectivity index (χ1v) is 6.73. The van der Waals surface area contributed by atoms with E-state index in [4.69, 9.17) is 11.6 Å². The van der Waals surface area contributed by atoms with Crippen molar-refractivity contribution in [1.29, 1.82) is 0 Å². The predicted octanol–water partition coefficient (Wildman–Crippen LogP) is 2.48. The van der Waals surface area contributed by atoms with E-state index in [0.717, 1.165) is 4.90 Å². The highest BCUT2D eigenvalue weighted by Crippen LogP contribution is 2.25.